The van der Waals surface area contributed by atoms with E-state index in [0.29, 0.717) is 6.54 Å². The van der Waals surface area contributed by atoms with Crippen molar-refractivity contribution in [3.63, 3.8) is 0 Å². The SMILES string of the molecule is CCCNC(=O)COC(=O)Cc1coc2cc(C)c(C)cc12. The standard InChI is InChI=1S/C17H21NO4/c1-4-5-18-16(19)10-22-17(20)8-13-9-21-15-7-12(3)11(2)6-14(13)15/h6-7,9H,4-5,8,10H2,1-3H3,(H,18,19). The minimum Gasteiger partial charge on any atom is -0.464 e. The van der Waals surface area contributed by atoms with Crippen molar-refractivity contribution in [3.05, 3.63) is 35.1 Å². The Labute approximate surface area is 129 Å². The molecule has 0 aliphatic rings. The molecule has 1 aromatic carbocycles. The first-order chi connectivity index (χ1) is 10.5. The van der Waals surface area contributed by atoms with Crippen LogP contribution in [0.15, 0.2) is 22.8 Å². The van der Waals surface area contributed by atoms with Gasteiger partial charge in [0.15, 0.2) is 6.61 Å². The molecule has 0 saturated carbocycles. The number of hydrogen-bond acceptors (Lipinski definition) is 4. The summed E-state index contributed by atoms with van der Waals surface area (Å²) in [4.78, 5) is 23.2. The number of furan rings is 1. The van der Waals surface area contributed by atoms with Gasteiger partial charge in [0.25, 0.3) is 5.91 Å². The number of amides is 1. The Morgan fingerprint density at radius 3 is 2.68 bits per heavy atom. The molecule has 5 heteroatoms. The fraction of sp³-hybridized carbons (Fsp3) is 0.412. The first-order valence-corrected chi connectivity index (χ1v) is 7.41. The quantitative estimate of drug-likeness (QED) is 0.833. The molecule has 1 aromatic heterocycles. The zero-order chi connectivity index (χ0) is 16.1. The molecule has 0 atom stereocenters. The Balaban J connectivity index is 1.97. The van der Waals surface area contributed by atoms with Crippen molar-refractivity contribution >= 4 is 22.8 Å². The summed E-state index contributed by atoms with van der Waals surface area (Å²) in [5, 5.41) is 3.57. The van der Waals surface area contributed by atoms with E-state index in [9.17, 15) is 9.59 Å². The van der Waals surface area contributed by atoms with E-state index in [2.05, 4.69) is 5.32 Å². The molecule has 22 heavy (non-hydrogen) atoms. The van der Waals surface area contributed by atoms with Crippen molar-refractivity contribution in [2.45, 2.75) is 33.6 Å². The molecule has 0 bridgehead atoms. The fourth-order valence-corrected chi connectivity index (χ4v) is 2.14. The molecule has 5 nitrogen and oxygen atoms in total. The lowest BCUT2D eigenvalue weighted by Gasteiger charge is -2.05. The summed E-state index contributed by atoms with van der Waals surface area (Å²) in [6, 6.07) is 3.96. The Hall–Kier alpha value is -2.30. The van der Waals surface area contributed by atoms with Crippen molar-refractivity contribution in [1.29, 1.82) is 0 Å². The van der Waals surface area contributed by atoms with Crippen LogP contribution in [0, 0.1) is 13.8 Å². The summed E-state index contributed by atoms with van der Waals surface area (Å²) < 4.78 is 10.5. The third-order valence-corrected chi connectivity index (χ3v) is 3.54. The van der Waals surface area contributed by atoms with Crippen LogP contribution in [0.2, 0.25) is 0 Å². The van der Waals surface area contributed by atoms with Crippen LogP contribution in [0.3, 0.4) is 0 Å². The third kappa shape index (κ3) is 3.87. The van der Waals surface area contributed by atoms with Gasteiger partial charge in [0.2, 0.25) is 0 Å². The van der Waals surface area contributed by atoms with Gasteiger partial charge in [-0.15, -0.1) is 0 Å². The van der Waals surface area contributed by atoms with Gasteiger partial charge in [-0.3, -0.25) is 9.59 Å². The minimum absolute atomic E-state index is 0.0938. The maximum Gasteiger partial charge on any atom is 0.310 e. The lowest BCUT2D eigenvalue weighted by atomic mass is 10.0. The monoisotopic (exact) mass is 303 g/mol. The van der Waals surface area contributed by atoms with E-state index in [-0.39, 0.29) is 18.9 Å². The number of fused-ring (bicyclic) bond motifs is 1. The molecule has 0 unspecified atom stereocenters. The van der Waals surface area contributed by atoms with Crippen molar-refractivity contribution < 1.29 is 18.7 Å². The molecule has 0 spiro atoms. The van der Waals surface area contributed by atoms with E-state index in [4.69, 9.17) is 9.15 Å². The van der Waals surface area contributed by atoms with Gasteiger partial charge in [0.05, 0.1) is 12.7 Å². The maximum atomic E-state index is 11.8. The van der Waals surface area contributed by atoms with E-state index in [1.54, 1.807) is 6.26 Å². The van der Waals surface area contributed by atoms with Gasteiger partial charge in [0.1, 0.15) is 5.58 Å². The number of carbonyl (C=O) groups is 2. The number of nitrogens with one attached hydrogen (secondary N) is 1. The second-order valence-electron chi connectivity index (χ2n) is 5.38. The van der Waals surface area contributed by atoms with Crippen molar-refractivity contribution in [1.82, 2.24) is 5.32 Å². The van der Waals surface area contributed by atoms with Crippen molar-refractivity contribution in [2.24, 2.45) is 0 Å². The number of carbonyl (C=O) groups excluding carboxylic acids is 2. The summed E-state index contributed by atoms with van der Waals surface area (Å²) in [5.74, 6) is -0.716. The number of ether oxygens (including phenoxy) is 1. The summed E-state index contributed by atoms with van der Waals surface area (Å²) in [7, 11) is 0. The van der Waals surface area contributed by atoms with Gasteiger partial charge >= 0.3 is 5.97 Å². The molecule has 1 heterocycles. The van der Waals surface area contributed by atoms with Gasteiger partial charge < -0.3 is 14.5 Å². The number of benzene rings is 1. The molecule has 1 amide bonds. The highest BCUT2D eigenvalue weighted by atomic mass is 16.5. The molecule has 0 aliphatic heterocycles. The normalized spacial score (nSPS) is 10.7. The smallest absolute Gasteiger partial charge is 0.310 e. The summed E-state index contributed by atoms with van der Waals surface area (Å²) in [6.45, 7) is 6.33. The Morgan fingerprint density at radius 2 is 1.95 bits per heavy atom. The predicted molar refractivity (Wildman–Crippen MR) is 83.7 cm³/mol. The highest BCUT2D eigenvalue weighted by molar-refractivity contribution is 5.87. The summed E-state index contributed by atoms with van der Waals surface area (Å²) >= 11 is 0. The predicted octanol–water partition coefficient (Wildman–Crippen LogP) is 2.66. The number of esters is 1. The molecular formula is C17H21NO4. The first-order valence-electron chi connectivity index (χ1n) is 7.41. The van der Waals surface area contributed by atoms with Crippen LogP contribution in [-0.2, 0) is 20.7 Å². The second kappa shape index (κ2) is 7.11. The Kier molecular flexibility index (Phi) is 5.20. The number of aryl methyl sites for hydroxylation is 2. The third-order valence-electron chi connectivity index (χ3n) is 3.54. The van der Waals surface area contributed by atoms with Crippen LogP contribution in [0.4, 0.5) is 0 Å². The lowest BCUT2D eigenvalue weighted by molar-refractivity contribution is -0.147. The molecule has 2 aromatic rings. The molecule has 1 N–H and O–H groups in total. The number of rotatable bonds is 6. The van der Waals surface area contributed by atoms with E-state index in [0.717, 1.165) is 34.1 Å². The topological polar surface area (TPSA) is 68.5 Å². The molecule has 0 fully saturated rings. The van der Waals surface area contributed by atoms with Crippen LogP contribution >= 0.6 is 0 Å². The highest BCUT2D eigenvalue weighted by Crippen LogP contribution is 2.25. The van der Waals surface area contributed by atoms with Gasteiger partial charge in [-0.1, -0.05) is 6.92 Å². The van der Waals surface area contributed by atoms with E-state index >= 15 is 0 Å². The van der Waals surface area contributed by atoms with Crippen LogP contribution in [0.25, 0.3) is 11.0 Å². The maximum absolute atomic E-state index is 11.8. The van der Waals surface area contributed by atoms with Crippen LogP contribution in [-0.4, -0.2) is 25.0 Å². The van der Waals surface area contributed by atoms with Gasteiger partial charge in [-0.25, -0.2) is 0 Å². The Morgan fingerprint density at radius 1 is 1.23 bits per heavy atom. The van der Waals surface area contributed by atoms with Crippen LogP contribution in [0.5, 0.6) is 0 Å². The van der Waals surface area contributed by atoms with Crippen LogP contribution in [0.1, 0.15) is 30.0 Å². The molecule has 0 saturated heterocycles. The minimum atomic E-state index is -0.437. The second-order valence-corrected chi connectivity index (χ2v) is 5.38. The zero-order valence-corrected chi connectivity index (χ0v) is 13.2. The van der Waals surface area contributed by atoms with Crippen molar-refractivity contribution in [2.75, 3.05) is 13.2 Å². The van der Waals surface area contributed by atoms with Crippen LogP contribution < -0.4 is 5.32 Å². The number of hydrogen-bond donors (Lipinski definition) is 1. The van der Waals surface area contributed by atoms with Gasteiger partial charge in [-0.2, -0.15) is 0 Å². The van der Waals surface area contributed by atoms with Gasteiger partial charge in [-0.05, 0) is 43.5 Å². The molecule has 2 rings (SSSR count). The lowest BCUT2D eigenvalue weighted by Crippen LogP contribution is -2.29. The Bertz CT molecular complexity index is 687. The highest BCUT2D eigenvalue weighted by Gasteiger charge is 2.13. The zero-order valence-electron chi connectivity index (χ0n) is 13.2. The molecule has 118 valence electrons. The van der Waals surface area contributed by atoms with Crippen molar-refractivity contribution in [3.8, 4) is 0 Å². The first kappa shape index (κ1) is 16.1. The average Bonchev–Trinajstić information content (AvgIpc) is 2.85. The average molecular weight is 303 g/mol. The van der Waals surface area contributed by atoms with E-state index in [1.165, 1.54) is 0 Å². The molecule has 0 aliphatic carbocycles. The summed E-state index contributed by atoms with van der Waals surface area (Å²) in [5.41, 5.74) is 3.81. The van der Waals surface area contributed by atoms with E-state index in [1.807, 2.05) is 32.9 Å². The molecule has 0 radical (unpaired) electrons. The summed E-state index contributed by atoms with van der Waals surface area (Å²) in [6.07, 6.45) is 2.51. The fourth-order valence-electron chi connectivity index (χ4n) is 2.14. The molecular weight excluding hydrogens is 282 g/mol. The van der Waals surface area contributed by atoms with Gasteiger partial charge in [0, 0.05) is 17.5 Å². The van der Waals surface area contributed by atoms with E-state index < -0.39 is 5.97 Å². The largest absolute Gasteiger partial charge is 0.464 e.